The summed E-state index contributed by atoms with van der Waals surface area (Å²) in [5.41, 5.74) is 1.98. The van der Waals surface area contributed by atoms with Crippen molar-refractivity contribution in [3.8, 4) is 17.4 Å². The average Bonchev–Trinajstić information content (AvgIpc) is 2.64. The first-order chi connectivity index (χ1) is 14.0. The van der Waals surface area contributed by atoms with Gasteiger partial charge in [-0.2, -0.15) is 8.42 Å². The molecule has 1 aromatic heterocycles. The van der Waals surface area contributed by atoms with E-state index in [9.17, 15) is 8.42 Å². The fourth-order valence-corrected chi connectivity index (χ4v) is 4.02. The highest BCUT2D eigenvalue weighted by Gasteiger charge is 2.22. The molecule has 0 atom stereocenters. The molecule has 0 fully saturated rings. The van der Waals surface area contributed by atoms with Gasteiger partial charge in [0.15, 0.2) is 5.15 Å². The second kappa shape index (κ2) is 8.53. The van der Waals surface area contributed by atoms with E-state index in [0.717, 1.165) is 11.1 Å². The third kappa shape index (κ3) is 5.30. The molecule has 0 radical (unpaired) electrons. The normalized spacial score (nSPS) is 11.9. The van der Waals surface area contributed by atoms with Crippen molar-refractivity contribution in [2.45, 2.75) is 38.0 Å². The number of hydrogen-bond donors (Lipinski definition) is 0. The van der Waals surface area contributed by atoms with E-state index in [4.69, 9.17) is 20.5 Å². The Morgan fingerprint density at radius 2 is 1.63 bits per heavy atom. The molecule has 158 valence electrons. The lowest BCUT2D eigenvalue weighted by Crippen LogP contribution is -2.12. The quantitative estimate of drug-likeness (QED) is 0.388. The summed E-state index contributed by atoms with van der Waals surface area (Å²) >= 11 is 9.39. The van der Waals surface area contributed by atoms with Crippen LogP contribution in [0.15, 0.2) is 57.9 Å². The lowest BCUT2D eigenvalue weighted by atomic mass is 9.87. The highest BCUT2D eigenvalue weighted by Crippen LogP contribution is 2.37. The zero-order valence-electron chi connectivity index (χ0n) is 16.8. The predicted molar refractivity (Wildman–Crippen MR) is 119 cm³/mol. The van der Waals surface area contributed by atoms with Crippen LogP contribution in [0.4, 0.5) is 0 Å². The van der Waals surface area contributed by atoms with Gasteiger partial charge in [0.25, 0.3) is 5.88 Å². The van der Waals surface area contributed by atoms with Gasteiger partial charge in [-0.05, 0) is 58.1 Å². The van der Waals surface area contributed by atoms with Crippen LogP contribution in [0.2, 0.25) is 5.15 Å². The molecule has 0 N–H and O–H groups in total. The Morgan fingerprint density at radius 1 is 0.967 bits per heavy atom. The first kappa shape index (κ1) is 22.5. The molecule has 0 saturated carbocycles. The van der Waals surface area contributed by atoms with E-state index in [1.165, 1.54) is 18.2 Å². The largest absolute Gasteiger partial charge is 0.434 e. The fraction of sp³-hybridized carbons (Fsp3) is 0.238. The van der Waals surface area contributed by atoms with Gasteiger partial charge in [-0.25, -0.2) is 0 Å². The first-order valence-electron chi connectivity index (χ1n) is 8.98. The molecule has 0 spiro atoms. The van der Waals surface area contributed by atoms with Gasteiger partial charge in [0.1, 0.15) is 10.6 Å². The molecule has 2 aromatic carbocycles. The lowest BCUT2D eigenvalue weighted by Gasteiger charge is -2.20. The predicted octanol–water partition coefficient (Wildman–Crippen LogP) is 6.06. The maximum Gasteiger partial charge on any atom is 0.339 e. The second-order valence-corrected chi connectivity index (χ2v) is 10.5. The van der Waals surface area contributed by atoms with Crippen molar-refractivity contribution < 1.29 is 17.3 Å². The number of halogens is 2. The Balaban J connectivity index is 1.94. The molecular formula is C21H20BrClN2O4S. The SMILES string of the molecule is Cc1ccc(S(=O)(=O)Oc2cc(Cl)nnc2Oc2ccc(C(C)(C)C)cc2Br)cc1. The molecular weight excluding hydrogens is 492 g/mol. The second-order valence-electron chi connectivity index (χ2n) is 7.68. The van der Waals surface area contributed by atoms with E-state index in [0.29, 0.717) is 10.2 Å². The van der Waals surface area contributed by atoms with Crippen molar-refractivity contribution in [1.29, 1.82) is 0 Å². The summed E-state index contributed by atoms with van der Waals surface area (Å²) in [6.45, 7) is 8.16. The number of ether oxygens (including phenoxy) is 1. The minimum atomic E-state index is -4.12. The number of aryl methyl sites for hydroxylation is 1. The molecule has 0 saturated heterocycles. The van der Waals surface area contributed by atoms with Crippen LogP contribution in [0, 0.1) is 6.92 Å². The van der Waals surface area contributed by atoms with E-state index in [1.54, 1.807) is 18.2 Å². The van der Waals surface area contributed by atoms with Crippen molar-refractivity contribution in [3.05, 3.63) is 69.3 Å². The Morgan fingerprint density at radius 3 is 2.23 bits per heavy atom. The molecule has 6 nitrogen and oxygen atoms in total. The summed E-state index contributed by atoms with van der Waals surface area (Å²) in [4.78, 5) is 0.00250. The summed E-state index contributed by atoms with van der Waals surface area (Å²) in [7, 11) is -4.12. The van der Waals surface area contributed by atoms with Crippen LogP contribution in [0.25, 0.3) is 0 Å². The number of nitrogens with zero attached hydrogens (tertiary/aromatic N) is 2. The number of rotatable bonds is 5. The van der Waals surface area contributed by atoms with Crippen LogP contribution in [-0.4, -0.2) is 18.6 Å². The minimum absolute atomic E-state index is 0.00250. The van der Waals surface area contributed by atoms with Crippen molar-refractivity contribution in [3.63, 3.8) is 0 Å². The Bertz CT molecular complexity index is 1180. The third-order valence-electron chi connectivity index (χ3n) is 4.21. The topological polar surface area (TPSA) is 78.4 Å². The lowest BCUT2D eigenvalue weighted by molar-refractivity contribution is 0.413. The Labute approximate surface area is 189 Å². The molecule has 0 unspecified atom stereocenters. The van der Waals surface area contributed by atoms with E-state index >= 15 is 0 Å². The van der Waals surface area contributed by atoms with Gasteiger partial charge in [-0.15, -0.1) is 10.2 Å². The molecule has 0 bridgehead atoms. The van der Waals surface area contributed by atoms with Crippen LogP contribution in [0.3, 0.4) is 0 Å². The van der Waals surface area contributed by atoms with E-state index in [-0.39, 0.29) is 27.1 Å². The van der Waals surface area contributed by atoms with Gasteiger partial charge < -0.3 is 8.92 Å². The summed E-state index contributed by atoms with van der Waals surface area (Å²) in [5.74, 6) is 0.138. The standard InChI is InChI=1S/C21H20BrClN2O4S/c1-13-5-8-15(9-6-13)30(26,27)29-18-12-19(23)24-25-20(18)28-17-10-7-14(11-16(17)22)21(2,3)4/h5-12H,1-4H3. The molecule has 30 heavy (non-hydrogen) atoms. The number of benzene rings is 2. The molecule has 3 aromatic rings. The van der Waals surface area contributed by atoms with Gasteiger partial charge in [0, 0.05) is 6.07 Å². The summed E-state index contributed by atoms with van der Waals surface area (Å²) < 4.78 is 37.1. The summed E-state index contributed by atoms with van der Waals surface area (Å²) in [6.07, 6.45) is 0. The van der Waals surface area contributed by atoms with Crippen molar-refractivity contribution in [1.82, 2.24) is 10.2 Å². The van der Waals surface area contributed by atoms with Crippen molar-refractivity contribution in [2.75, 3.05) is 0 Å². The third-order valence-corrected chi connectivity index (χ3v) is 6.26. The highest BCUT2D eigenvalue weighted by atomic mass is 79.9. The Hall–Kier alpha value is -2.16. The fourth-order valence-electron chi connectivity index (χ4n) is 2.50. The number of aromatic nitrogens is 2. The van der Waals surface area contributed by atoms with Gasteiger partial charge >= 0.3 is 10.1 Å². The summed E-state index contributed by atoms with van der Waals surface area (Å²) in [5, 5.41) is 7.57. The molecule has 0 aliphatic rings. The maximum atomic E-state index is 12.7. The molecule has 0 aliphatic carbocycles. The van der Waals surface area contributed by atoms with Gasteiger partial charge in [-0.3, -0.25) is 0 Å². The summed E-state index contributed by atoms with van der Waals surface area (Å²) in [6, 6.07) is 13.1. The van der Waals surface area contributed by atoms with Crippen LogP contribution < -0.4 is 8.92 Å². The zero-order chi connectivity index (χ0) is 22.1. The van der Waals surface area contributed by atoms with Crippen LogP contribution in [0.5, 0.6) is 17.4 Å². The smallest absolute Gasteiger partial charge is 0.339 e. The van der Waals surface area contributed by atoms with Crippen molar-refractivity contribution >= 4 is 37.6 Å². The van der Waals surface area contributed by atoms with Crippen LogP contribution >= 0.6 is 27.5 Å². The molecule has 9 heteroatoms. The highest BCUT2D eigenvalue weighted by molar-refractivity contribution is 9.10. The van der Waals surface area contributed by atoms with Gasteiger partial charge in [-0.1, -0.05) is 56.1 Å². The van der Waals surface area contributed by atoms with Crippen LogP contribution in [0.1, 0.15) is 31.9 Å². The van der Waals surface area contributed by atoms with Gasteiger partial charge in [0.2, 0.25) is 5.75 Å². The minimum Gasteiger partial charge on any atom is -0.434 e. The average molecular weight is 512 g/mol. The molecule has 0 amide bonds. The van der Waals surface area contributed by atoms with Gasteiger partial charge in [0.05, 0.1) is 4.47 Å². The van der Waals surface area contributed by atoms with Crippen molar-refractivity contribution in [2.24, 2.45) is 0 Å². The number of hydrogen-bond acceptors (Lipinski definition) is 6. The maximum absolute atomic E-state index is 12.7. The Kier molecular flexibility index (Phi) is 6.40. The molecule has 0 aliphatic heterocycles. The van der Waals surface area contributed by atoms with Crippen LogP contribution in [-0.2, 0) is 15.5 Å². The monoisotopic (exact) mass is 510 g/mol. The van der Waals surface area contributed by atoms with E-state index in [2.05, 4.69) is 46.9 Å². The first-order valence-corrected chi connectivity index (χ1v) is 11.6. The zero-order valence-corrected chi connectivity index (χ0v) is 20.0. The molecule has 1 heterocycles. The van der Waals surface area contributed by atoms with E-state index in [1.807, 2.05) is 19.1 Å². The van der Waals surface area contributed by atoms with E-state index < -0.39 is 10.1 Å². The molecule has 3 rings (SSSR count).